The summed E-state index contributed by atoms with van der Waals surface area (Å²) in [6.07, 6.45) is 0.466. The van der Waals surface area contributed by atoms with Crippen molar-refractivity contribution in [3.05, 3.63) is 20.9 Å². The van der Waals surface area contributed by atoms with Crippen LogP contribution in [0.5, 0.6) is 0 Å². The van der Waals surface area contributed by atoms with Crippen molar-refractivity contribution in [1.29, 1.82) is 0 Å². The van der Waals surface area contributed by atoms with E-state index < -0.39 is 36.4 Å². The van der Waals surface area contributed by atoms with Crippen LogP contribution in [0.15, 0.2) is 10.2 Å². The minimum atomic E-state index is -1.19. The molecule has 1 fully saturated rings. The highest BCUT2D eigenvalue weighted by atomic mass is 16.4. The third-order valence-electron chi connectivity index (χ3n) is 4.16. The number of carboxylic acid groups (broad SMARTS) is 1. The Bertz CT molecular complexity index is 655. The molecule has 0 aromatic carbocycles. The van der Waals surface area contributed by atoms with Gasteiger partial charge in [-0.15, -0.1) is 0 Å². The Morgan fingerprint density at radius 1 is 1.22 bits per heavy atom. The van der Waals surface area contributed by atoms with E-state index in [1.807, 2.05) is 0 Å². The molecule has 0 spiro atoms. The summed E-state index contributed by atoms with van der Waals surface area (Å²) in [5, 5.41) is 23.6. The third kappa shape index (κ3) is 7.02. The second-order valence-corrected chi connectivity index (χ2v) is 6.51. The maximum Gasteiger partial charge on any atom is 0.322 e. The number of carboxylic acids is 1. The Labute approximate surface area is 155 Å². The molecule has 0 aromatic rings. The normalized spacial score (nSPS) is 22.3. The number of hydrogen-bond acceptors (Lipinski definition) is 6. The highest BCUT2D eigenvalue weighted by Gasteiger charge is 2.39. The van der Waals surface area contributed by atoms with Crippen LogP contribution in [0.1, 0.15) is 20.3 Å². The first-order chi connectivity index (χ1) is 12.8. The summed E-state index contributed by atoms with van der Waals surface area (Å²) in [7, 11) is 0. The highest BCUT2D eigenvalue weighted by Crippen LogP contribution is 2.22. The van der Waals surface area contributed by atoms with Crippen LogP contribution < -0.4 is 16.0 Å². The summed E-state index contributed by atoms with van der Waals surface area (Å²) in [6.45, 7) is 3.10. The fraction of sp³-hybridized carbons (Fsp3) is 0.786. The molecule has 0 bridgehead atoms. The standard InChI is InChI=1S/C14H23N9O4/c1-7(2)11(13(26)17-6-10(24)25)21-14(27)12-8(4-18-22-15)3-9(20-12)5-19-23-16/h7-9,11-12,20H,3-6H2,1-2H3,(H,17,26)(H,21,27)(H,24,25)/t8-,9+,11+,12+/m1/s1. The van der Waals surface area contributed by atoms with E-state index in [9.17, 15) is 14.4 Å². The lowest BCUT2D eigenvalue weighted by Gasteiger charge is -2.25. The van der Waals surface area contributed by atoms with E-state index in [4.69, 9.17) is 16.2 Å². The molecule has 13 heteroatoms. The second kappa shape index (κ2) is 10.9. The SMILES string of the molecule is CC(C)[C@H](NC(=O)[C@H]1N[C@H](CN=[N+]=[N-])C[C@@H]1CN=[N+]=[N-])C(=O)NCC(=O)O. The van der Waals surface area contributed by atoms with Crippen LogP contribution in [0.25, 0.3) is 20.9 Å². The van der Waals surface area contributed by atoms with Crippen LogP contribution in [-0.2, 0) is 14.4 Å². The van der Waals surface area contributed by atoms with Crippen molar-refractivity contribution in [2.75, 3.05) is 19.6 Å². The first kappa shape index (κ1) is 22.0. The zero-order chi connectivity index (χ0) is 20.4. The number of carbonyl (C=O) groups is 3. The van der Waals surface area contributed by atoms with Gasteiger partial charge >= 0.3 is 5.97 Å². The molecule has 1 aliphatic rings. The number of hydrogen-bond donors (Lipinski definition) is 4. The summed E-state index contributed by atoms with van der Waals surface area (Å²) in [5.74, 6) is -2.87. The van der Waals surface area contributed by atoms with Crippen molar-refractivity contribution in [2.45, 2.75) is 38.4 Å². The molecule has 0 aliphatic carbocycles. The average Bonchev–Trinajstić information content (AvgIpc) is 3.03. The number of aliphatic carboxylic acids is 1. The van der Waals surface area contributed by atoms with Gasteiger partial charge in [-0.25, -0.2) is 0 Å². The van der Waals surface area contributed by atoms with Crippen molar-refractivity contribution in [3.8, 4) is 0 Å². The van der Waals surface area contributed by atoms with Gasteiger partial charge in [0, 0.05) is 29.0 Å². The molecule has 0 saturated carbocycles. The van der Waals surface area contributed by atoms with Gasteiger partial charge in [0.05, 0.1) is 6.04 Å². The Kier molecular flexibility index (Phi) is 8.86. The molecule has 1 rings (SSSR count). The lowest BCUT2D eigenvalue weighted by atomic mass is 9.97. The Morgan fingerprint density at radius 2 is 1.85 bits per heavy atom. The van der Waals surface area contributed by atoms with E-state index in [1.54, 1.807) is 13.8 Å². The van der Waals surface area contributed by atoms with Crippen LogP contribution in [0, 0.1) is 11.8 Å². The molecule has 2 amide bonds. The lowest BCUT2D eigenvalue weighted by Crippen LogP contribution is -2.55. The van der Waals surface area contributed by atoms with Gasteiger partial charge in [0.25, 0.3) is 0 Å². The van der Waals surface area contributed by atoms with Gasteiger partial charge in [-0.2, -0.15) is 0 Å². The molecule has 4 atom stereocenters. The van der Waals surface area contributed by atoms with Crippen molar-refractivity contribution < 1.29 is 19.5 Å². The van der Waals surface area contributed by atoms with Gasteiger partial charge < -0.3 is 21.1 Å². The predicted octanol–water partition coefficient (Wildman–Crippen LogP) is 0.295. The van der Waals surface area contributed by atoms with Gasteiger partial charge in [-0.05, 0) is 29.3 Å². The molecule has 1 saturated heterocycles. The predicted molar refractivity (Wildman–Crippen MR) is 94.3 cm³/mol. The Morgan fingerprint density at radius 3 is 2.41 bits per heavy atom. The quantitative estimate of drug-likeness (QED) is 0.238. The minimum Gasteiger partial charge on any atom is -0.480 e. The van der Waals surface area contributed by atoms with Crippen LogP contribution in [0.3, 0.4) is 0 Å². The van der Waals surface area contributed by atoms with Gasteiger partial charge in [0.2, 0.25) is 11.8 Å². The summed E-state index contributed by atoms with van der Waals surface area (Å²) in [5.41, 5.74) is 17.0. The van der Waals surface area contributed by atoms with Gasteiger partial charge in [0.15, 0.2) is 0 Å². The third-order valence-corrected chi connectivity index (χ3v) is 4.16. The molecule has 0 unspecified atom stereocenters. The van der Waals surface area contributed by atoms with Crippen LogP contribution in [0.4, 0.5) is 0 Å². The first-order valence-corrected chi connectivity index (χ1v) is 8.37. The topological polar surface area (TPSA) is 205 Å². The van der Waals surface area contributed by atoms with E-state index in [0.717, 1.165) is 0 Å². The number of nitrogens with zero attached hydrogens (tertiary/aromatic N) is 6. The van der Waals surface area contributed by atoms with E-state index in [0.29, 0.717) is 6.42 Å². The molecule has 0 radical (unpaired) electrons. The average molecular weight is 381 g/mol. The van der Waals surface area contributed by atoms with Gasteiger partial charge in [-0.3, -0.25) is 14.4 Å². The highest BCUT2D eigenvalue weighted by molar-refractivity contribution is 5.91. The number of carbonyl (C=O) groups excluding carboxylic acids is 2. The summed E-state index contributed by atoms with van der Waals surface area (Å²) < 4.78 is 0. The number of nitrogens with one attached hydrogen (secondary N) is 3. The Balaban J connectivity index is 2.83. The zero-order valence-corrected chi connectivity index (χ0v) is 15.1. The molecule has 0 aromatic heterocycles. The molecule has 1 heterocycles. The number of rotatable bonds is 10. The van der Waals surface area contributed by atoms with Gasteiger partial charge in [0.1, 0.15) is 12.6 Å². The minimum absolute atomic E-state index is 0.0753. The van der Waals surface area contributed by atoms with Crippen molar-refractivity contribution in [2.24, 2.45) is 22.1 Å². The molecular formula is C14H23N9O4. The van der Waals surface area contributed by atoms with Gasteiger partial charge in [-0.1, -0.05) is 24.1 Å². The fourth-order valence-corrected chi connectivity index (χ4v) is 2.88. The van der Waals surface area contributed by atoms with E-state index >= 15 is 0 Å². The van der Waals surface area contributed by atoms with E-state index in [1.165, 1.54) is 0 Å². The maximum absolute atomic E-state index is 12.7. The van der Waals surface area contributed by atoms with Crippen LogP contribution in [-0.4, -0.2) is 60.6 Å². The van der Waals surface area contributed by atoms with E-state index in [2.05, 4.69) is 36.0 Å². The number of amides is 2. The van der Waals surface area contributed by atoms with Crippen LogP contribution >= 0.6 is 0 Å². The van der Waals surface area contributed by atoms with Crippen LogP contribution in [0.2, 0.25) is 0 Å². The smallest absolute Gasteiger partial charge is 0.322 e. The summed E-state index contributed by atoms with van der Waals surface area (Å²) >= 11 is 0. The van der Waals surface area contributed by atoms with Crippen molar-refractivity contribution >= 4 is 17.8 Å². The monoisotopic (exact) mass is 381 g/mol. The second-order valence-electron chi connectivity index (χ2n) is 6.51. The molecule has 1 aliphatic heterocycles. The largest absolute Gasteiger partial charge is 0.480 e. The molecule has 4 N–H and O–H groups in total. The molecule has 27 heavy (non-hydrogen) atoms. The fourth-order valence-electron chi connectivity index (χ4n) is 2.88. The Hall–Kier alpha value is -3.01. The molecule has 13 nitrogen and oxygen atoms in total. The van der Waals surface area contributed by atoms with E-state index in [-0.39, 0.29) is 31.0 Å². The zero-order valence-electron chi connectivity index (χ0n) is 15.1. The lowest BCUT2D eigenvalue weighted by molar-refractivity contribution is -0.138. The van der Waals surface area contributed by atoms with Crippen molar-refractivity contribution in [3.63, 3.8) is 0 Å². The molecular weight excluding hydrogens is 358 g/mol. The number of azide groups is 2. The van der Waals surface area contributed by atoms with Crippen molar-refractivity contribution in [1.82, 2.24) is 16.0 Å². The maximum atomic E-state index is 12.7. The summed E-state index contributed by atoms with van der Waals surface area (Å²) in [4.78, 5) is 40.9. The summed E-state index contributed by atoms with van der Waals surface area (Å²) in [6, 6.07) is -1.91. The molecule has 148 valence electrons. The first-order valence-electron chi connectivity index (χ1n) is 8.37.